The van der Waals surface area contributed by atoms with E-state index in [1.807, 2.05) is 0 Å². The van der Waals surface area contributed by atoms with Gasteiger partial charge in [0.2, 0.25) is 0 Å². The summed E-state index contributed by atoms with van der Waals surface area (Å²) in [5.41, 5.74) is -0.708. The molecule has 11 heteroatoms. The van der Waals surface area contributed by atoms with Gasteiger partial charge in [0.05, 0.1) is 0 Å². The summed E-state index contributed by atoms with van der Waals surface area (Å²) in [6.07, 6.45) is -3.01. The normalized spacial score (nSPS) is 11.4. The number of alkyl halides is 3. The van der Waals surface area contributed by atoms with Crippen molar-refractivity contribution < 1.29 is 22.7 Å². The average molecular weight is 403 g/mol. The molecule has 7 nitrogen and oxygen atoms in total. The third-order valence-corrected chi connectivity index (χ3v) is 4.36. The lowest BCUT2D eigenvalue weighted by Crippen LogP contribution is -2.26. The predicted molar refractivity (Wildman–Crippen MR) is 93.0 cm³/mol. The molecule has 0 aliphatic carbocycles. The van der Waals surface area contributed by atoms with E-state index < -0.39 is 17.4 Å². The van der Waals surface area contributed by atoms with Crippen molar-refractivity contribution in [2.75, 3.05) is 6.61 Å². The first-order valence-corrected chi connectivity index (χ1v) is 9.03. The van der Waals surface area contributed by atoms with E-state index in [0.29, 0.717) is 12.0 Å². The number of hydrogen-bond acceptors (Lipinski definition) is 6. The second kappa shape index (κ2) is 8.98. The van der Waals surface area contributed by atoms with Crippen LogP contribution in [0.25, 0.3) is 0 Å². The Kier molecular flexibility index (Phi) is 6.94. The smallest absolute Gasteiger partial charge is 0.338 e. The number of thioether (sulfide) groups is 1. The van der Waals surface area contributed by atoms with Gasteiger partial charge in [-0.25, -0.2) is 4.68 Å². The minimum absolute atomic E-state index is 0.109. The molecule has 0 bridgehead atoms. The molecule has 0 atom stereocenters. The zero-order valence-electron chi connectivity index (χ0n) is 14.7. The molecular weight excluding hydrogens is 385 g/mol. The lowest BCUT2D eigenvalue weighted by Gasteiger charge is -2.10. The highest BCUT2D eigenvalue weighted by Gasteiger charge is 2.32. The molecule has 0 aromatic carbocycles. The van der Waals surface area contributed by atoms with E-state index in [-0.39, 0.29) is 35.7 Å². The van der Waals surface area contributed by atoms with Crippen molar-refractivity contribution in [3.63, 3.8) is 0 Å². The van der Waals surface area contributed by atoms with Gasteiger partial charge in [0, 0.05) is 11.9 Å². The summed E-state index contributed by atoms with van der Waals surface area (Å²) >= 11 is 1.10. The first-order valence-electron chi connectivity index (χ1n) is 8.05. The number of rotatable bonds is 7. The fourth-order valence-electron chi connectivity index (χ4n) is 2.04. The van der Waals surface area contributed by atoms with Crippen LogP contribution < -0.4 is 5.56 Å². The topological polar surface area (TPSA) is 91.3 Å². The number of esters is 1. The molecule has 27 heavy (non-hydrogen) atoms. The highest BCUT2D eigenvalue weighted by atomic mass is 32.2. The quantitative estimate of drug-likeness (QED) is 0.401. The monoisotopic (exact) mass is 403 g/mol. The molecule has 0 saturated carbocycles. The van der Waals surface area contributed by atoms with Crippen LogP contribution in [0.4, 0.5) is 13.2 Å². The van der Waals surface area contributed by atoms with Crippen LogP contribution in [0.5, 0.6) is 0 Å². The molecular formula is C16H18F3N4O3S+. The van der Waals surface area contributed by atoms with Gasteiger partial charge in [0.15, 0.2) is 18.3 Å². The number of carbonyl (C=O) groups excluding carboxylic acids is 1. The summed E-state index contributed by atoms with van der Waals surface area (Å²) in [7, 11) is 0. The Bertz CT molecular complexity index is 853. The standard InChI is InChI=1S/C16H17F3N4O3S/c1-3-11-14(25)21-15(23(22-11)8-13(24)26-4-2)27-9-10-5-6-12(20-7-10)16(17,18)19/h5-7H,3-4,8-9H2,1-2H3/p+1. The molecule has 0 aliphatic rings. The summed E-state index contributed by atoms with van der Waals surface area (Å²) in [4.78, 5) is 29.1. The highest BCUT2D eigenvalue weighted by molar-refractivity contribution is 7.98. The van der Waals surface area contributed by atoms with Crippen molar-refractivity contribution in [3.05, 3.63) is 45.6 Å². The van der Waals surface area contributed by atoms with Crippen LogP contribution in [0.1, 0.15) is 30.8 Å². The zero-order chi connectivity index (χ0) is 20.0. The Morgan fingerprint density at radius 2 is 2.07 bits per heavy atom. The molecule has 0 spiro atoms. The molecule has 0 saturated heterocycles. The van der Waals surface area contributed by atoms with Crippen molar-refractivity contribution in [3.8, 4) is 0 Å². The number of aromatic nitrogens is 4. The predicted octanol–water partition coefficient (Wildman–Crippen LogP) is 2.45. The number of hydrogen-bond donors (Lipinski definition) is 0. The van der Waals surface area contributed by atoms with Crippen LogP contribution in [0.15, 0.2) is 28.3 Å². The summed E-state index contributed by atoms with van der Waals surface area (Å²) in [5, 5.41) is 4.38. The van der Waals surface area contributed by atoms with Gasteiger partial charge in [0.1, 0.15) is 11.4 Å². The molecule has 2 aromatic rings. The summed E-state index contributed by atoms with van der Waals surface area (Å²) in [5.74, 6) is -0.0596. The van der Waals surface area contributed by atoms with E-state index in [0.717, 1.165) is 24.0 Å². The van der Waals surface area contributed by atoms with Gasteiger partial charge in [-0.05, 0) is 25.0 Å². The van der Waals surface area contributed by atoms with Gasteiger partial charge in [-0.2, -0.15) is 23.3 Å². The lowest BCUT2D eigenvalue weighted by atomic mass is 10.3. The average Bonchev–Trinajstić information content (AvgIpc) is 2.61. The van der Waals surface area contributed by atoms with Crippen LogP contribution in [0.3, 0.4) is 0 Å². The van der Waals surface area contributed by atoms with Crippen LogP contribution >= 0.6 is 11.8 Å². The van der Waals surface area contributed by atoms with Crippen molar-refractivity contribution in [2.24, 2.45) is 0 Å². The van der Waals surface area contributed by atoms with Crippen molar-refractivity contribution in [2.45, 2.75) is 43.9 Å². The maximum absolute atomic E-state index is 12.6. The van der Waals surface area contributed by atoms with Gasteiger partial charge in [-0.15, -0.1) is 0 Å². The first-order chi connectivity index (χ1) is 12.7. The van der Waals surface area contributed by atoms with Gasteiger partial charge >= 0.3 is 12.1 Å². The number of aryl methyl sites for hydroxylation is 1. The van der Waals surface area contributed by atoms with E-state index in [1.54, 1.807) is 13.8 Å². The zero-order valence-corrected chi connectivity index (χ0v) is 15.5. The van der Waals surface area contributed by atoms with Crippen molar-refractivity contribution in [1.29, 1.82) is 0 Å². The van der Waals surface area contributed by atoms with E-state index >= 15 is 0 Å². The van der Waals surface area contributed by atoms with Gasteiger partial charge in [-0.1, -0.05) is 24.8 Å². The van der Waals surface area contributed by atoms with E-state index in [1.165, 1.54) is 10.7 Å². The third kappa shape index (κ3) is 5.78. The molecule has 0 aliphatic heterocycles. The molecule has 0 amide bonds. The van der Waals surface area contributed by atoms with Crippen molar-refractivity contribution >= 4 is 17.7 Å². The summed E-state index contributed by atoms with van der Waals surface area (Å²) in [6.45, 7) is 3.61. The van der Waals surface area contributed by atoms with Crippen LogP contribution in [0.2, 0.25) is 0 Å². The Balaban J connectivity index is 2.20. The second-order valence-corrected chi connectivity index (χ2v) is 6.26. The molecule has 146 valence electrons. The first kappa shape index (κ1) is 20.9. The van der Waals surface area contributed by atoms with Crippen LogP contribution in [-0.2, 0) is 29.6 Å². The Morgan fingerprint density at radius 1 is 1.33 bits per heavy atom. The molecule has 0 radical (unpaired) electrons. The molecule has 0 unspecified atom stereocenters. The SMILES string of the molecule is CCOC(=[OH+])Cn1nc(CC)c(=O)nc1SCc1ccc(C(F)(F)F)nc1. The maximum atomic E-state index is 12.6. The molecule has 1 N–H and O–H groups in total. The Labute approximate surface area is 157 Å². The Hall–Kier alpha value is -2.43. The molecule has 2 rings (SSSR count). The highest BCUT2D eigenvalue weighted by Crippen LogP contribution is 2.28. The van der Waals surface area contributed by atoms with Gasteiger partial charge in [0.25, 0.3) is 5.56 Å². The van der Waals surface area contributed by atoms with E-state index in [2.05, 4.69) is 15.1 Å². The van der Waals surface area contributed by atoms with E-state index in [4.69, 9.17) is 4.74 Å². The van der Waals surface area contributed by atoms with E-state index in [9.17, 15) is 22.8 Å². The lowest BCUT2D eigenvalue weighted by molar-refractivity contribution is -0.141. The number of halogens is 3. The minimum atomic E-state index is -4.50. The maximum Gasteiger partial charge on any atom is 0.505 e. The molecule has 0 fully saturated rings. The number of nitrogens with zero attached hydrogens (tertiary/aromatic N) is 4. The summed E-state index contributed by atoms with van der Waals surface area (Å²) in [6, 6.07) is 2.20. The Morgan fingerprint density at radius 3 is 2.63 bits per heavy atom. The third-order valence-electron chi connectivity index (χ3n) is 3.32. The largest absolute Gasteiger partial charge is 0.505 e. The number of pyridine rings is 1. The van der Waals surface area contributed by atoms with Crippen LogP contribution in [-0.4, -0.2) is 37.1 Å². The number of ether oxygens (including phenoxy) is 1. The van der Waals surface area contributed by atoms with Crippen LogP contribution in [0, 0.1) is 0 Å². The van der Waals surface area contributed by atoms with Crippen molar-refractivity contribution in [1.82, 2.24) is 19.7 Å². The van der Waals surface area contributed by atoms with Gasteiger partial charge in [-0.3, -0.25) is 9.78 Å². The summed E-state index contributed by atoms with van der Waals surface area (Å²) < 4.78 is 44.0. The van der Waals surface area contributed by atoms with Gasteiger partial charge < -0.3 is 9.53 Å². The fourth-order valence-corrected chi connectivity index (χ4v) is 2.91. The molecule has 2 aromatic heterocycles. The fraction of sp³-hybridized carbons (Fsp3) is 0.438. The molecule has 2 heterocycles. The second-order valence-electron chi connectivity index (χ2n) is 5.32. The minimum Gasteiger partial charge on any atom is -0.338 e.